The van der Waals surface area contributed by atoms with Crippen LogP contribution in [0.15, 0.2) is 11.4 Å². The lowest BCUT2D eigenvalue weighted by Gasteiger charge is -2.36. The molecular formula is C16H23N3O2S. The number of nitrogens with one attached hydrogen (secondary N) is 2. The lowest BCUT2D eigenvalue weighted by atomic mass is 9.98. The Hall–Kier alpha value is -1.56. The van der Waals surface area contributed by atoms with Crippen LogP contribution in [-0.2, 0) is 11.2 Å². The topological polar surface area (TPSA) is 61.4 Å². The molecule has 2 aliphatic rings. The molecule has 2 aliphatic heterocycles. The summed E-state index contributed by atoms with van der Waals surface area (Å²) in [5.74, 6) is -0.0490. The number of hydrogen-bond donors (Lipinski definition) is 2. The molecule has 22 heavy (non-hydrogen) atoms. The predicted octanol–water partition coefficient (Wildman–Crippen LogP) is 2.44. The van der Waals surface area contributed by atoms with Crippen LogP contribution in [0.1, 0.15) is 49.1 Å². The Kier molecular flexibility index (Phi) is 4.66. The fraction of sp³-hybridized carbons (Fsp3) is 0.625. The highest BCUT2D eigenvalue weighted by Crippen LogP contribution is 2.35. The van der Waals surface area contributed by atoms with E-state index in [1.807, 2.05) is 4.90 Å². The lowest BCUT2D eigenvalue weighted by molar-refractivity contribution is -0.122. The van der Waals surface area contributed by atoms with Crippen molar-refractivity contribution in [3.05, 3.63) is 21.9 Å². The second-order valence-electron chi connectivity index (χ2n) is 5.96. The minimum absolute atomic E-state index is 0.0490. The molecule has 2 atom stereocenters. The molecule has 1 saturated heterocycles. The molecule has 5 nitrogen and oxygen atoms in total. The van der Waals surface area contributed by atoms with Crippen molar-refractivity contribution in [2.24, 2.45) is 0 Å². The first-order chi connectivity index (χ1) is 10.7. The van der Waals surface area contributed by atoms with E-state index in [4.69, 9.17) is 0 Å². The van der Waals surface area contributed by atoms with Gasteiger partial charge in [0.1, 0.15) is 6.04 Å². The average Bonchev–Trinajstić information content (AvgIpc) is 2.91. The van der Waals surface area contributed by atoms with E-state index in [9.17, 15) is 9.59 Å². The molecule has 0 unspecified atom stereocenters. The summed E-state index contributed by atoms with van der Waals surface area (Å²) in [6.45, 7) is 3.55. The molecule has 1 aromatic heterocycles. The summed E-state index contributed by atoms with van der Waals surface area (Å²) in [5, 5.41) is 7.92. The number of carbonyl (C=O) groups excluding carboxylic acids is 2. The standard InChI is InChI=1S/C16H23N3O2S/c1-2-13-11-7-10-22-14(11)6-9-19(13)16(21)18-12-5-3-4-8-17-15(12)20/h7,10,12-13H,2-6,8-9H2,1H3,(H,17,20)(H,18,21)/t12-,13-/m0/s1. The van der Waals surface area contributed by atoms with Crippen LogP contribution in [0, 0.1) is 0 Å². The van der Waals surface area contributed by atoms with E-state index < -0.39 is 6.04 Å². The number of fused-ring (bicyclic) bond motifs is 1. The summed E-state index contributed by atoms with van der Waals surface area (Å²) >= 11 is 1.77. The van der Waals surface area contributed by atoms with Gasteiger partial charge in [-0.1, -0.05) is 6.92 Å². The van der Waals surface area contributed by atoms with Crippen LogP contribution in [0.5, 0.6) is 0 Å². The van der Waals surface area contributed by atoms with Crippen molar-refractivity contribution in [3.8, 4) is 0 Å². The quantitative estimate of drug-likeness (QED) is 0.879. The van der Waals surface area contributed by atoms with Gasteiger partial charge in [-0.3, -0.25) is 4.79 Å². The number of carbonyl (C=O) groups is 2. The number of thiophene rings is 1. The molecule has 0 bridgehead atoms. The van der Waals surface area contributed by atoms with Gasteiger partial charge in [0.2, 0.25) is 5.91 Å². The molecule has 1 fully saturated rings. The Morgan fingerprint density at radius 3 is 3.18 bits per heavy atom. The number of amides is 3. The summed E-state index contributed by atoms with van der Waals surface area (Å²) in [5.41, 5.74) is 1.28. The minimum atomic E-state index is -0.392. The molecule has 6 heteroatoms. The lowest BCUT2D eigenvalue weighted by Crippen LogP contribution is -2.52. The maximum atomic E-state index is 12.7. The largest absolute Gasteiger partial charge is 0.354 e. The van der Waals surface area contributed by atoms with E-state index in [1.54, 1.807) is 11.3 Å². The van der Waals surface area contributed by atoms with Gasteiger partial charge in [0.05, 0.1) is 6.04 Å². The van der Waals surface area contributed by atoms with Gasteiger partial charge in [0, 0.05) is 18.0 Å². The smallest absolute Gasteiger partial charge is 0.318 e. The zero-order valence-electron chi connectivity index (χ0n) is 12.9. The second kappa shape index (κ2) is 6.69. The van der Waals surface area contributed by atoms with E-state index in [2.05, 4.69) is 29.0 Å². The maximum Gasteiger partial charge on any atom is 0.318 e. The summed E-state index contributed by atoms with van der Waals surface area (Å²) in [4.78, 5) is 27.9. The van der Waals surface area contributed by atoms with Crippen LogP contribution in [0.4, 0.5) is 4.79 Å². The summed E-state index contributed by atoms with van der Waals surface area (Å²) < 4.78 is 0. The van der Waals surface area contributed by atoms with Crippen molar-refractivity contribution in [2.45, 2.75) is 51.1 Å². The zero-order valence-corrected chi connectivity index (χ0v) is 13.7. The van der Waals surface area contributed by atoms with Crippen molar-refractivity contribution >= 4 is 23.3 Å². The van der Waals surface area contributed by atoms with Crippen LogP contribution >= 0.6 is 11.3 Å². The number of hydrogen-bond acceptors (Lipinski definition) is 3. The Morgan fingerprint density at radius 2 is 2.36 bits per heavy atom. The highest BCUT2D eigenvalue weighted by Gasteiger charge is 2.32. The zero-order chi connectivity index (χ0) is 15.5. The highest BCUT2D eigenvalue weighted by molar-refractivity contribution is 7.10. The van der Waals surface area contributed by atoms with E-state index in [0.717, 1.165) is 38.6 Å². The van der Waals surface area contributed by atoms with Gasteiger partial charge in [-0.25, -0.2) is 4.79 Å². The molecule has 0 aliphatic carbocycles. The molecule has 120 valence electrons. The fourth-order valence-corrected chi connectivity index (χ4v) is 4.32. The molecule has 3 rings (SSSR count). The second-order valence-corrected chi connectivity index (χ2v) is 6.96. The van der Waals surface area contributed by atoms with Gasteiger partial charge in [0.25, 0.3) is 0 Å². The Morgan fingerprint density at radius 1 is 1.50 bits per heavy atom. The van der Waals surface area contributed by atoms with Crippen LogP contribution in [0.3, 0.4) is 0 Å². The molecule has 0 saturated carbocycles. The fourth-order valence-electron chi connectivity index (χ4n) is 3.39. The monoisotopic (exact) mass is 321 g/mol. The van der Waals surface area contributed by atoms with Gasteiger partial charge in [0.15, 0.2) is 0 Å². The summed E-state index contributed by atoms with van der Waals surface area (Å²) in [6, 6.07) is 1.76. The maximum absolute atomic E-state index is 12.7. The predicted molar refractivity (Wildman–Crippen MR) is 86.9 cm³/mol. The summed E-state index contributed by atoms with van der Waals surface area (Å²) in [7, 11) is 0. The third kappa shape index (κ3) is 2.97. The molecule has 0 spiro atoms. The third-order valence-corrected chi connectivity index (χ3v) is 5.57. The Labute approximate surface area is 135 Å². The first-order valence-electron chi connectivity index (χ1n) is 8.11. The van der Waals surface area contributed by atoms with Crippen molar-refractivity contribution < 1.29 is 9.59 Å². The normalized spacial score (nSPS) is 25.1. The van der Waals surface area contributed by atoms with Crippen LogP contribution in [0.2, 0.25) is 0 Å². The SMILES string of the molecule is CC[C@H]1c2ccsc2CCN1C(=O)N[C@H]1CCCCNC1=O. The third-order valence-electron chi connectivity index (χ3n) is 4.58. The van der Waals surface area contributed by atoms with Crippen molar-refractivity contribution in [2.75, 3.05) is 13.1 Å². The van der Waals surface area contributed by atoms with E-state index >= 15 is 0 Å². The van der Waals surface area contributed by atoms with Crippen molar-refractivity contribution in [1.82, 2.24) is 15.5 Å². The van der Waals surface area contributed by atoms with Crippen molar-refractivity contribution in [1.29, 1.82) is 0 Å². The number of nitrogens with zero attached hydrogens (tertiary/aromatic N) is 1. The first-order valence-corrected chi connectivity index (χ1v) is 8.99. The van der Waals surface area contributed by atoms with Crippen LogP contribution in [0.25, 0.3) is 0 Å². The molecule has 1 aromatic rings. The Bertz CT molecular complexity index is 557. The Balaban J connectivity index is 1.70. The highest BCUT2D eigenvalue weighted by atomic mass is 32.1. The van der Waals surface area contributed by atoms with E-state index in [1.165, 1.54) is 10.4 Å². The van der Waals surface area contributed by atoms with Gasteiger partial charge in [-0.15, -0.1) is 11.3 Å². The van der Waals surface area contributed by atoms with Crippen LogP contribution in [-0.4, -0.2) is 36.0 Å². The van der Waals surface area contributed by atoms with Crippen molar-refractivity contribution in [3.63, 3.8) is 0 Å². The van der Waals surface area contributed by atoms with Gasteiger partial charge in [-0.05, 0) is 49.1 Å². The number of urea groups is 1. The van der Waals surface area contributed by atoms with Gasteiger partial charge in [-0.2, -0.15) is 0 Å². The molecular weight excluding hydrogens is 298 g/mol. The molecule has 0 aromatic carbocycles. The first kappa shape index (κ1) is 15.3. The van der Waals surface area contributed by atoms with E-state index in [0.29, 0.717) is 6.54 Å². The summed E-state index contributed by atoms with van der Waals surface area (Å²) in [6.07, 6.45) is 4.49. The molecule has 3 heterocycles. The average molecular weight is 321 g/mol. The molecule has 3 amide bonds. The molecule has 0 radical (unpaired) electrons. The van der Waals surface area contributed by atoms with Gasteiger partial charge >= 0.3 is 6.03 Å². The number of rotatable bonds is 2. The molecule has 2 N–H and O–H groups in total. The van der Waals surface area contributed by atoms with Gasteiger partial charge < -0.3 is 15.5 Å². The van der Waals surface area contributed by atoms with E-state index in [-0.39, 0.29) is 18.0 Å². The van der Waals surface area contributed by atoms with Crippen LogP contribution < -0.4 is 10.6 Å². The minimum Gasteiger partial charge on any atom is -0.354 e.